The van der Waals surface area contributed by atoms with E-state index in [2.05, 4.69) is 30.1 Å². The first-order valence-corrected chi connectivity index (χ1v) is 5.70. The van der Waals surface area contributed by atoms with E-state index in [0.717, 1.165) is 31.2 Å². The number of nitrogens with zero attached hydrogens (tertiary/aromatic N) is 1. The van der Waals surface area contributed by atoms with Crippen molar-refractivity contribution in [3.05, 3.63) is 23.7 Å². The molecule has 2 rings (SSSR count). The van der Waals surface area contributed by atoms with Gasteiger partial charge in [-0.25, -0.2) is 0 Å². The third-order valence-electron chi connectivity index (χ3n) is 3.12. The molecule has 0 saturated carbocycles. The van der Waals surface area contributed by atoms with Crippen LogP contribution in [0.25, 0.3) is 0 Å². The Hall–Kier alpha value is -0.800. The molecule has 0 spiro atoms. The van der Waals surface area contributed by atoms with Gasteiger partial charge in [-0.05, 0) is 32.9 Å². The Morgan fingerprint density at radius 2 is 2.33 bits per heavy atom. The van der Waals surface area contributed by atoms with Gasteiger partial charge in [0, 0.05) is 25.7 Å². The van der Waals surface area contributed by atoms with E-state index < -0.39 is 0 Å². The van der Waals surface area contributed by atoms with Crippen molar-refractivity contribution in [3.63, 3.8) is 0 Å². The molecular weight excluding hydrogens is 188 g/mol. The lowest BCUT2D eigenvalue weighted by Crippen LogP contribution is -2.49. The summed E-state index contributed by atoms with van der Waals surface area (Å²) in [6.07, 6.45) is 0. The summed E-state index contributed by atoms with van der Waals surface area (Å²) in [6, 6.07) is 5.10. The molecule has 1 aromatic rings. The second-order valence-corrected chi connectivity index (χ2v) is 4.47. The molecule has 2 heterocycles. The highest BCUT2D eigenvalue weighted by Crippen LogP contribution is 2.22. The van der Waals surface area contributed by atoms with Crippen molar-refractivity contribution >= 4 is 0 Å². The van der Waals surface area contributed by atoms with Gasteiger partial charge in [0.25, 0.3) is 0 Å². The largest absolute Gasteiger partial charge is 0.465 e. The number of piperazine rings is 1. The summed E-state index contributed by atoms with van der Waals surface area (Å²) < 4.78 is 5.67. The summed E-state index contributed by atoms with van der Waals surface area (Å²) in [5.74, 6) is 2.08. The number of hydrogen-bond acceptors (Lipinski definition) is 3. The summed E-state index contributed by atoms with van der Waals surface area (Å²) >= 11 is 0. The van der Waals surface area contributed by atoms with E-state index in [1.807, 2.05) is 13.0 Å². The first kappa shape index (κ1) is 10.7. The van der Waals surface area contributed by atoms with Gasteiger partial charge >= 0.3 is 0 Å². The van der Waals surface area contributed by atoms with Crippen LogP contribution in [-0.2, 0) is 0 Å². The van der Waals surface area contributed by atoms with Crippen LogP contribution < -0.4 is 5.32 Å². The maximum Gasteiger partial charge on any atom is 0.121 e. The predicted molar refractivity (Wildman–Crippen MR) is 60.9 cm³/mol. The SMILES string of the molecule is Cc1ccc(C(C)N2CCNC(C)C2)o1. The molecule has 0 bridgehead atoms. The van der Waals surface area contributed by atoms with Crippen LogP contribution >= 0.6 is 0 Å². The molecule has 1 aliphatic heterocycles. The van der Waals surface area contributed by atoms with Gasteiger partial charge in [0.05, 0.1) is 6.04 Å². The fraction of sp³-hybridized carbons (Fsp3) is 0.667. The molecule has 84 valence electrons. The van der Waals surface area contributed by atoms with Gasteiger partial charge in [0.1, 0.15) is 11.5 Å². The highest BCUT2D eigenvalue weighted by molar-refractivity contribution is 5.09. The lowest BCUT2D eigenvalue weighted by molar-refractivity contribution is 0.142. The van der Waals surface area contributed by atoms with Gasteiger partial charge < -0.3 is 9.73 Å². The summed E-state index contributed by atoms with van der Waals surface area (Å²) in [5.41, 5.74) is 0. The van der Waals surface area contributed by atoms with Crippen molar-refractivity contribution in [2.45, 2.75) is 32.9 Å². The van der Waals surface area contributed by atoms with Crippen molar-refractivity contribution in [1.82, 2.24) is 10.2 Å². The smallest absolute Gasteiger partial charge is 0.121 e. The summed E-state index contributed by atoms with van der Waals surface area (Å²) in [5, 5.41) is 3.45. The molecule has 1 N–H and O–H groups in total. The Bertz CT molecular complexity index is 321. The zero-order valence-corrected chi connectivity index (χ0v) is 9.79. The Morgan fingerprint density at radius 1 is 1.53 bits per heavy atom. The first-order valence-electron chi connectivity index (χ1n) is 5.70. The number of rotatable bonds is 2. The van der Waals surface area contributed by atoms with E-state index in [9.17, 15) is 0 Å². The van der Waals surface area contributed by atoms with Crippen LogP contribution in [-0.4, -0.2) is 30.6 Å². The van der Waals surface area contributed by atoms with Crippen LogP contribution in [0, 0.1) is 6.92 Å². The van der Waals surface area contributed by atoms with E-state index in [0.29, 0.717) is 12.1 Å². The summed E-state index contributed by atoms with van der Waals surface area (Å²) in [7, 11) is 0. The van der Waals surface area contributed by atoms with Crippen molar-refractivity contribution < 1.29 is 4.42 Å². The lowest BCUT2D eigenvalue weighted by Gasteiger charge is -2.35. The van der Waals surface area contributed by atoms with Crippen LogP contribution in [0.2, 0.25) is 0 Å². The molecule has 0 aliphatic carbocycles. The van der Waals surface area contributed by atoms with Crippen LogP contribution in [0.1, 0.15) is 31.4 Å². The van der Waals surface area contributed by atoms with E-state index in [4.69, 9.17) is 4.42 Å². The van der Waals surface area contributed by atoms with Gasteiger partial charge in [0.2, 0.25) is 0 Å². The standard InChI is InChI=1S/C12H20N2O/c1-9-8-14(7-6-13-9)11(3)12-5-4-10(2)15-12/h4-5,9,11,13H,6-8H2,1-3H3. The monoisotopic (exact) mass is 208 g/mol. The minimum atomic E-state index is 0.392. The molecule has 0 amide bonds. The van der Waals surface area contributed by atoms with Gasteiger partial charge in [-0.2, -0.15) is 0 Å². The molecule has 1 aliphatic rings. The molecule has 2 unspecified atom stereocenters. The number of aryl methyl sites for hydroxylation is 1. The zero-order chi connectivity index (χ0) is 10.8. The summed E-state index contributed by atoms with van der Waals surface area (Å²) in [4.78, 5) is 2.47. The van der Waals surface area contributed by atoms with E-state index in [-0.39, 0.29) is 0 Å². The molecule has 2 atom stereocenters. The molecular formula is C12H20N2O. The van der Waals surface area contributed by atoms with E-state index >= 15 is 0 Å². The Labute approximate surface area is 91.4 Å². The van der Waals surface area contributed by atoms with Crippen molar-refractivity contribution in [1.29, 1.82) is 0 Å². The quantitative estimate of drug-likeness (QED) is 0.805. The van der Waals surface area contributed by atoms with Crippen molar-refractivity contribution in [3.8, 4) is 0 Å². The highest BCUT2D eigenvalue weighted by atomic mass is 16.3. The van der Waals surface area contributed by atoms with Crippen LogP contribution in [0.4, 0.5) is 0 Å². The van der Waals surface area contributed by atoms with E-state index in [1.54, 1.807) is 0 Å². The molecule has 1 aromatic heterocycles. The number of hydrogen-bond donors (Lipinski definition) is 1. The minimum absolute atomic E-state index is 0.392. The maximum atomic E-state index is 5.67. The molecule has 1 saturated heterocycles. The van der Waals surface area contributed by atoms with Crippen LogP contribution in [0.3, 0.4) is 0 Å². The molecule has 15 heavy (non-hydrogen) atoms. The minimum Gasteiger partial charge on any atom is -0.465 e. The first-order chi connectivity index (χ1) is 7.16. The second-order valence-electron chi connectivity index (χ2n) is 4.47. The average molecular weight is 208 g/mol. The van der Waals surface area contributed by atoms with Crippen molar-refractivity contribution in [2.24, 2.45) is 0 Å². The fourth-order valence-corrected chi connectivity index (χ4v) is 2.17. The van der Waals surface area contributed by atoms with Gasteiger partial charge in [-0.15, -0.1) is 0 Å². The third kappa shape index (κ3) is 2.41. The highest BCUT2D eigenvalue weighted by Gasteiger charge is 2.23. The lowest BCUT2D eigenvalue weighted by atomic mass is 10.1. The van der Waals surface area contributed by atoms with E-state index in [1.165, 1.54) is 0 Å². The Morgan fingerprint density at radius 3 is 2.93 bits per heavy atom. The van der Waals surface area contributed by atoms with Crippen molar-refractivity contribution in [2.75, 3.05) is 19.6 Å². The van der Waals surface area contributed by atoms with Gasteiger partial charge in [0.15, 0.2) is 0 Å². The Kier molecular flexibility index (Phi) is 3.12. The molecule has 1 fully saturated rings. The molecule has 0 radical (unpaired) electrons. The maximum absolute atomic E-state index is 5.67. The number of furan rings is 1. The van der Waals surface area contributed by atoms with Crippen LogP contribution in [0.5, 0.6) is 0 Å². The van der Waals surface area contributed by atoms with Gasteiger partial charge in [-0.1, -0.05) is 0 Å². The average Bonchev–Trinajstić information content (AvgIpc) is 2.64. The van der Waals surface area contributed by atoms with Gasteiger partial charge in [-0.3, -0.25) is 4.90 Å². The fourth-order valence-electron chi connectivity index (χ4n) is 2.17. The molecule has 3 nitrogen and oxygen atoms in total. The number of nitrogens with one attached hydrogen (secondary N) is 1. The summed E-state index contributed by atoms with van der Waals surface area (Å²) in [6.45, 7) is 9.72. The second kappa shape index (κ2) is 4.37. The molecule has 3 heteroatoms. The third-order valence-corrected chi connectivity index (χ3v) is 3.12. The topological polar surface area (TPSA) is 28.4 Å². The Balaban J connectivity index is 2.03. The predicted octanol–water partition coefficient (Wildman–Crippen LogP) is 1.94. The normalized spacial score (nSPS) is 25.4. The molecule has 0 aromatic carbocycles. The zero-order valence-electron chi connectivity index (χ0n) is 9.79. The van der Waals surface area contributed by atoms with Crippen LogP contribution in [0.15, 0.2) is 16.5 Å².